The van der Waals surface area contributed by atoms with E-state index in [1.165, 1.54) is 0 Å². The second-order valence-corrected chi connectivity index (χ2v) is 4.39. The van der Waals surface area contributed by atoms with E-state index in [1.54, 1.807) is 6.07 Å². The van der Waals surface area contributed by atoms with E-state index in [-0.39, 0.29) is 0 Å². The van der Waals surface area contributed by atoms with Gasteiger partial charge in [0, 0.05) is 6.04 Å². The molecule has 0 bridgehead atoms. The zero-order valence-electron chi connectivity index (χ0n) is 9.61. The predicted octanol–water partition coefficient (Wildman–Crippen LogP) is 0.752. The van der Waals surface area contributed by atoms with Crippen LogP contribution in [-0.4, -0.2) is 36.1 Å². The van der Waals surface area contributed by atoms with Crippen molar-refractivity contribution in [1.29, 1.82) is 0 Å². The van der Waals surface area contributed by atoms with Crippen molar-refractivity contribution in [2.24, 2.45) is 0 Å². The molecule has 0 aromatic carbocycles. The molecule has 16 heavy (non-hydrogen) atoms. The fourth-order valence-corrected chi connectivity index (χ4v) is 1.93. The number of nitrogen functional groups attached to an aromatic ring is 2. The molecule has 1 aliphatic rings. The third-order valence-electron chi connectivity index (χ3n) is 3.03. The zero-order chi connectivity index (χ0) is 11.5. The van der Waals surface area contributed by atoms with Crippen molar-refractivity contribution in [3.8, 4) is 0 Å². The summed E-state index contributed by atoms with van der Waals surface area (Å²) in [6, 6.07) is 4.16. The normalized spacial score (nSPS) is 18.6. The van der Waals surface area contributed by atoms with Crippen molar-refractivity contribution in [2.75, 3.05) is 36.9 Å². The Morgan fingerprint density at radius 2 is 2.00 bits per heavy atom. The van der Waals surface area contributed by atoms with Gasteiger partial charge in [0.15, 0.2) is 0 Å². The lowest BCUT2D eigenvalue weighted by molar-refractivity contribution is 0.263. The van der Waals surface area contributed by atoms with Gasteiger partial charge in [-0.05, 0) is 45.1 Å². The average Bonchev–Trinajstić information content (AvgIpc) is 2.27. The minimum atomic E-state index is 0.401. The molecule has 1 aromatic rings. The molecule has 0 radical (unpaired) electrons. The van der Waals surface area contributed by atoms with Crippen LogP contribution in [0.5, 0.6) is 0 Å². The first-order valence-corrected chi connectivity index (χ1v) is 5.62. The number of pyridine rings is 1. The Hall–Kier alpha value is -1.49. The van der Waals surface area contributed by atoms with Crippen LogP contribution in [0.25, 0.3) is 0 Å². The summed E-state index contributed by atoms with van der Waals surface area (Å²) in [7, 11) is 2.15. The van der Waals surface area contributed by atoms with Crippen LogP contribution < -0.4 is 16.8 Å². The summed E-state index contributed by atoms with van der Waals surface area (Å²) in [5, 5.41) is 3.40. The first-order valence-electron chi connectivity index (χ1n) is 5.62. The Morgan fingerprint density at radius 3 is 2.62 bits per heavy atom. The van der Waals surface area contributed by atoms with E-state index in [1.807, 2.05) is 6.07 Å². The monoisotopic (exact) mass is 221 g/mol. The smallest absolute Gasteiger partial charge is 0.149 e. The quantitative estimate of drug-likeness (QED) is 0.686. The van der Waals surface area contributed by atoms with Gasteiger partial charge in [0.2, 0.25) is 0 Å². The average molecular weight is 221 g/mol. The lowest BCUT2D eigenvalue weighted by Crippen LogP contribution is -2.36. The van der Waals surface area contributed by atoms with Gasteiger partial charge in [0.1, 0.15) is 11.6 Å². The summed E-state index contributed by atoms with van der Waals surface area (Å²) >= 11 is 0. The maximum atomic E-state index is 5.66. The predicted molar refractivity (Wildman–Crippen MR) is 67.2 cm³/mol. The molecule has 5 nitrogen and oxygen atoms in total. The highest BCUT2D eigenvalue weighted by atomic mass is 15.1. The number of nitrogens with two attached hydrogens (primary N) is 2. The zero-order valence-corrected chi connectivity index (χ0v) is 9.61. The fourth-order valence-electron chi connectivity index (χ4n) is 1.93. The highest BCUT2D eigenvalue weighted by molar-refractivity contribution is 5.61. The highest BCUT2D eigenvalue weighted by Gasteiger charge is 2.16. The standard InChI is InChI=1S/C11H19N5/c1-16-6-4-8(5-7-16)14-10-3-2-9(12)11(13)15-10/h2-3,8H,4-7,12H2,1H3,(H3,13,14,15). The van der Waals surface area contributed by atoms with Gasteiger partial charge in [0.05, 0.1) is 5.69 Å². The number of piperidine rings is 1. The summed E-state index contributed by atoms with van der Waals surface area (Å²) in [6.45, 7) is 2.25. The number of likely N-dealkylation sites (tertiary alicyclic amines) is 1. The third kappa shape index (κ3) is 2.55. The maximum absolute atomic E-state index is 5.66. The number of anilines is 3. The summed E-state index contributed by atoms with van der Waals surface area (Å²) in [5.74, 6) is 1.22. The molecule has 1 aliphatic heterocycles. The molecule has 2 heterocycles. The van der Waals surface area contributed by atoms with Gasteiger partial charge in [0.25, 0.3) is 0 Å². The molecule has 0 atom stereocenters. The summed E-state index contributed by atoms with van der Waals surface area (Å²) < 4.78 is 0. The molecule has 5 heteroatoms. The Balaban J connectivity index is 1.96. The number of nitrogens with one attached hydrogen (secondary N) is 1. The fraction of sp³-hybridized carbons (Fsp3) is 0.545. The van der Waals surface area contributed by atoms with E-state index < -0.39 is 0 Å². The van der Waals surface area contributed by atoms with Crippen LogP contribution >= 0.6 is 0 Å². The molecule has 0 aliphatic carbocycles. The van der Waals surface area contributed by atoms with Gasteiger partial charge in [-0.1, -0.05) is 0 Å². The Kier molecular flexibility index (Phi) is 3.14. The summed E-state index contributed by atoms with van der Waals surface area (Å²) in [4.78, 5) is 6.55. The largest absolute Gasteiger partial charge is 0.396 e. The molecule has 1 saturated heterocycles. The molecule has 0 unspecified atom stereocenters. The lowest BCUT2D eigenvalue weighted by Gasteiger charge is -2.29. The number of hydrogen-bond acceptors (Lipinski definition) is 5. The van der Waals surface area contributed by atoms with Crippen LogP contribution in [0, 0.1) is 0 Å². The molecule has 1 aromatic heterocycles. The minimum Gasteiger partial charge on any atom is -0.396 e. The van der Waals surface area contributed by atoms with Crippen LogP contribution in [0.3, 0.4) is 0 Å². The lowest BCUT2D eigenvalue weighted by atomic mass is 10.1. The highest BCUT2D eigenvalue weighted by Crippen LogP contribution is 2.18. The molecule has 0 amide bonds. The van der Waals surface area contributed by atoms with E-state index in [2.05, 4.69) is 22.2 Å². The topological polar surface area (TPSA) is 80.2 Å². The van der Waals surface area contributed by atoms with Crippen molar-refractivity contribution in [3.05, 3.63) is 12.1 Å². The van der Waals surface area contributed by atoms with Crippen molar-refractivity contribution < 1.29 is 0 Å². The van der Waals surface area contributed by atoms with Crippen molar-refractivity contribution >= 4 is 17.3 Å². The summed E-state index contributed by atoms with van der Waals surface area (Å²) in [5.41, 5.74) is 11.8. The first kappa shape index (κ1) is 11.0. The Morgan fingerprint density at radius 1 is 1.31 bits per heavy atom. The Labute approximate surface area is 95.8 Å². The van der Waals surface area contributed by atoms with E-state index in [0.717, 1.165) is 31.7 Å². The van der Waals surface area contributed by atoms with Gasteiger partial charge in [-0.3, -0.25) is 0 Å². The van der Waals surface area contributed by atoms with Crippen molar-refractivity contribution in [3.63, 3.8) is 0 Å². The van der Waals surface area contributed by atoms with Crippen LogP contribution in [0.15, 0.2) is 12.1 Å². The SMILES string of the molecule is CN1CCC(Nc2ccc(N)c(N)n2)CC1. The van der Waals surface area contributed by atoms with E-state index in [4.69, 9.17) is 11.5 Å². The third-order valence-corrected chi connectivity index (χ3v) is 3.03. The second kappa shape index (κ2) is 4.57. The molecule has 5 N–H and O–H groups in total. The number of aromatic nitrogens is 1. The van der Waals surface area contributed by atoms with Gasteiger partial charge in [-0.25, -0.2) is 4.98 Å². The first-order chi connectivity index (χ1) is 7.65. The van der Waals surface area contributed by atoms with Crippen molar-refractivity contribution in [2.45, 2.75) is 18.9 Å². The Bertz CT molecular complexity index is 357. The van der Waals surface area contributed by atoms with Gasteiger partial charge in [-0.2, -0.15) is 0 Å². The second-order valence-electron chi connectivity index (χ2n) is 4.39. The van der Waals surface area contributed by atoms with E-state index in [9.17, 15) is 0 Å². The number of rotatable bonds is 2. The number of hydrogen-bond donors (Lipinski definition) is 3. The molecular formula is C11H19N5. The van der Waals surface area contributed by atoms with E-state index in [0.29, 0.717) is 17.5 Å². The van der Waals surface area contributed by atoms with Gasteiger partial charge in [-0.15, -0.1) is 0 Å². The van der Waals surface area contributed by atoms with Gasteiger partial charge >= 0.3 is 0 Å². The maximum Gasteiger partial charge on any atom is 0.149 e. The van der Waals surface area contributed by atoms with Crippen molar-refractivity contribution in [1.82, 2.24) is 9.88 Å². The van der Waals surface area contributed by atoms with Crippen LogP contribution in [0.1, 0.15) is 12.8 Å². The summed E-state index contributed by atoms with van der Waals surface area (Å²) in [6.07, 6.45) is 2.28. The molecule has 88 valence electrons. The molecule has 0 spiro atoms. The molecular weight excluding hydrogens is 202 g/mol. The van der Waals surface area contributed by atoms with Crippen LogP contribution in [0.4, 0.5) is 17.3 Å². The minimum absolute atomic E-state index is 0.401. The molecule has 2 rings (SSSR count). The van der Waals surface area contributed by atoms with Gasteiger partial charge < -0.3 is 21.7 Å². The molecule has 0 saturated carbocycles. The van der Waals surface area contributed by atoms with Crippen LogP contribution in [0.2, 0.25) is 0 Å². The van der Waals surface area contributed by atoms with Crippen LogP contribution in [-0.2, 0) is 0 Å². The number of nitrogens with zero attached hydrogens (tertiary/aromatic N) is 2. The van der Waals surface area contributed by atoms with E-state index >= 15 is 0 Å². The molecule has 1 fully saturated rings.